The van der Waals surface area contributed by atoms with Crippen molar-refractivity contribution in [1.29, 1.82) is 0 Å². The molecule has 5 nitrogen and oxygen atoms in total. The van der Waals surface area contributed by atoms with Crippen LogP contribution in [0.2, 0.25) is 0 Å². The van der Waals surface area contributed by atoms with Crippen molar-refractivity contribution in [3.05, 3.63) is 65.5 Å². The first-order valence-corrected chi connectivity index (χ1v) is 10.1. The van der Waals surface area contributed by atoms with Crippen LogP contribution in [0.25, 0.3) is 6.08 Å². The molecule has 0 spiro atoms. The van der Waals surface area contributed by atoms with Crippen LogP contribution in [0.1, 0.15) is 24.0 Å². The number of ether oxygens (including phenoxy) is 2. The van der Waals surface area contributed by atoms with E-state index >= 15 is 0 Å². The molecule has 0 radical (unpaired) electrons. The predicted molar refractivity (Wildman–Crippen MR) is 118 cm³/mol. The van der Waals surface area contributed by atoms with Crippen LogP contribution in [0.4, 0.5) is 4.39 Å². The smallest absolute Gasteiger partial charge is 0.243 e. The van der Waals surface area contributed by atoms with Crippen molar-refractivity contribution in [2.24, 2.45) is 0 Å². The Morgan fingerprint density at radius 2 is 1.70 bits per heavy atom. The van der Waals surface area contributed by atoms with Gasteiger partial charge in [-0.1, -0.05) is 12.1 Å². The minimum Gasteiger partial charge on any atom is -0.497 e. The van der Waals surface area contributed by atoms with E-state index in [-0.39, 0.29) is 11.7 Å². The van der Waals surface area contributed by atoms with Crippen molar-refractivity contribution in [3.8, 4) is 11.5 Å². The molecular formula is C24H31FN2O3. The lowest BCUT2D eigenvalue weighted by Gasteiger charge is -2.17. The standard InChI is InChI=1S/C24H31FN2O3/c1-27(15-12-20-16-22(29-2)18-23(17-20)30-3)14-5-4-13-26-24(28)11-8-19-6-9-21(25)10-7-19/h6-11,16-18H,4-5,12-15H2,1-3H3,(H,26,28)/b11-8+. The molecule has 0 unspecified atom stereocenters. The first kappa shape index (κ1) is 23.4. The Balaban J connectivity index is 1.61. The fourth-order valence-corrected chi connectivity index (χ4v) is 2.97. The van der Waals surface area contributed by atoms with E-state index in [2.05, 4.69) is 17.3 Å². The van der Waals surface area contributed by atoms with Gasteiger partial charge in [-0.25, -0.2) is 4.39 Å². The fraction of sp³-hybridized carbons (Fsp3) is 0.375. The molecule has 0 fully saturated rings. The number of carbonyl (C=O) groups excluding carboxylic acids is 1. The van der Waals surface area contributed by atoms with Crippen LogP contribution in [-0.4, -0.2) is 51.7 Å². The Morgan fingerprint density at radius 3 is 2.33 bits per heavy atom. The molecule has 0 aromatic heterocycles. The van der Waals surface area contributed by atoms with E-state index in [1.807, 2.05) is 18.2 Å². The Bertz CT molecular complexity index is 799. The zero-order chi connectivity index (χ0) is 21.8. The summed E-state index contributed by atoms with van der Waals surface area (Å²) in [6.45, 7) is 2.53. The van der Waals surface area contributed by atoms with E-state index in [0.717, 1.165) is 49.4 Å². The van der Waals surface area contributed by atoms with Crippen molar-refractivity contribution in [1.82, 2.24) is 10.2 Å². The molecule has 0 saturated heterocycles. The van der Waals surface area contributed by atoms with Gasteiger partial charge in [0, 0.05) is 25.2 Å². The molecule has 2 rings (SSSR count). The largest absolute Gasteiger partial charge is 0.497 e. The first-order chi connectivity index (χ1) is 14.5. The van der Waals surface area contributed by atoms with Crippen molar-refractivity contribution in [3.63, 3.8) is 0 Å². The zero-order valence-electron chi connectivity index (χ0n) is 18.0. The highest BCUT2D eigenvalue weighted by atomic mass is 19.1. The Hall–Kier alpha value is -2.86. The summed E-state index contributed by atoms with van der Waals surface area (Å²) in [7, 11) is 5.41. The number of hydrogen-bond acceptors (Lipinski definition) is 4. The third-order valence-corrected chi connectivity index (χ3v) is 4.76. The van der Waals surface area contributed by atoms with Gasteiger partial charge in [0.2, 0.25) is 5.91 Å². The van der Waals surface area contributed by atoms with Crippen LogP contribution < -0.4 is 14.8 Å². The fourth-order valence-electron chi connectivity index (χ4n) is 2.97. The summed E-state index contributed by atoms with van der Waals surface area (Å²) in [5.41, 5.74) is 1.97. The van der Waals surface area contributed by atoms with Crippen molar-refractivity contribution in [2.45, 2.75) is 19.3 Å². The van der Waals surface area contributed by atoms with Gasteiger partial charge in [-0.15, -0.1) is 0 Å². The maximum atomic E-state index is 12.9. The Kier molecular flexibility index (Phi) is 9.87. The topological polar surface area (TPSA) is 50.8 Å². The van der Waals surface area contributed by atoms with Crippen LogP contribution in [0.15, 0.2) is 48.5 Å². The van der Waals surface area contributed by atoms with Crippen molar-refractivity contribution >= 4 is 12.0 Å². The van der Waals surface area contributed by atoms with Crippen LogP contribution in [0.3, 0.4) is 0 Å². The molecule has 0 aliphatic heterocycles. The number of carbonyl (C=O) groups is 1. The number of nitrogens with zero attached hydrogens (tertiary/aromatic N) is 1. The lowest BCUT2D eigenvalue weighted by atomic mass is 10.1. The van der Waals surface area contributed by atoms with Crippen molar-refractivity contribution in [2.75, 3.05) is 40.9 Å². The monoisotopic (exact) mass is 414 g/mol. The third kappa shape index (κ3) is 8.66. The van der Waals surface area contributed by atoms with E-state index in [9.17, 15) is 9.18 Å². The summed E-state index contributed by atoms with van der Waals surface area (Å²) in [5, 5.41) is 2.88. The van der Waals surface area contributed by atoms with Crippen LogP contribution in [0.5, 0.6) is 11.5 Å². The minimum atomic E-state index is -0.287. The van der Waals surface area contributed by atoms with E-state index in [1.54, 1.807) is 32.4 Å². The highest BCUT2D eigenvalue weighted by Crippen LogP contribution is 2.22. The molecule has 1 N–H and O–H groups in total. The van der Waals surface area contributed by atoms with E-state index in [1.165, 1.54) is 23.8 Å². The zero-order valence-corrected chi connectivity index (χ0v) is 18.0. The first-order valence-electron chi connectivity index (χ1n) is 10.1. The molecule has 0 atom stereocenters. The number of rotatable bonds is 12. The van der Waals surface area contributed by atoms with Gasteiger partial charge in [-0.05, 0) is 74.3 Å². The average Bonchev–Trinajstić information content (AvgIpc) is 2.76. The molecule has 0 aliphatic carbocycles. The van der Waals surface area contributed by atoms with Crippen LogP contribution >= 0.6 is 0 Å². The number of likely N-dealkylation sites (N-methyl/N-ethyl adjacent to an activating group) is 1. The number of nitrogens with one attached hydrogen (secondary N) is 1. The number of methoxy groups -OCH3 is 2. The van der Waals surface area contributed by atoms with Gasteiger partial charge in [-0.2, -0.15) is 0 Å². The second kappa shape index (κ2) is 12.6. The summed E-state index contributed by atoms with van der Waals surface area (Å²) in [6, 6.07) is 12.0. The number of unbranched alkanes of at least 4 members (excludes halogenated alkanes) is 1. The molecule has 2 aromatic carbocycles. The highest BCUT2D eigenvalue weighted by molar-refractivity contribution is 5.91. The molecule has 2 aromatic rings. The normalized spacial score (nSPS) is 11.1. The van der Waals surface area contributed by atoms with E-state index in [0.29, 0.717) is 6.54 Å². The van der Waals surface area contributed by atoms with E-state index in [4.69, 9.17) is 9.47 Å². The Morgan fingerprint density at radius 1 is 1.03 bits per heavy atom. The Labute approximate surface area is 178 Å². The summed E-state index contributed by atoms with van der Waals surface area (Å²) < 4.78 is 23.5. The second-order valence-corrected chi connectivity index (χ2v) is 7.16. The van der Waals surface area contributed by atoms with E-state index < -0.39 is 0 Å². The van der Waals surface area contributed by atoms with Gasteiger partial charge < -0.3 is 19.7 Å². The van der Waals surface area contributed by atoms with Gasteiger partial charge in [0.1, 0.15) is 17.3 Å². The number of hydrogen-bond donors (Lipinski definition) is 1. The molecule has 30 heavy (non-hydrogen) atoms. The van der Waals surface area contributed by atoms with Gasteiger partial charge in [-0.3, -0.25) is 4.79 Å². The van der Waals surface area contributed by atoms with Gasteiger partial charge in [0.05, 0.1) is 14.2 Å². The summed E-state index contributed by atoms with van der Waals surface area (Å²) in [4.78, 5) is 14.1. The number of halogens is 1. The molecular weight excluding hydrogens is 383 g/mol. The third-order valence-electron chi connectivity index (χ3n) is 4.76. The van der Waals surface area contributed by atoms with Gasteiger partial charge >= 0.3 is 0 Å². The molecule has 0 saturated carbocycles. The quantitative estimate of drug-likeness (QED) is 0.422. The SMILES string of the molecule is COc1cc(CCN(C)CCCCNC(=O)/C=C/c2ccc(F)cc2)cc(OC)c1. The summed E-state index contributed by atoms with van der Waals surface area (Å²) in [5.74, 6) is 1.18. The van der Waals surface area contributed by atoms with Crippen molar-refractivity contribution < 1.29 is 18.7 Å². The molecule has 6 heteroatoms. The maximum absolute atomic E-state index is 12.9. The molecule has 0 bridgehead atoms. The van der Waals surface area contributed by atoms with Gasteiger partial charge in [0.25, 0.3) is 0 Å². The molecule has 1 amide bonds. The van der Waals surface area contributed by atoms with Gasteiger partial charge in [0.15, 0.2) is 0 Å². The number of amides is 1. The molecule has 0 aliphatic rings. The van der Waals surface area contributed by atoms with Crippen LogP contribution in [-0.2, 0) is 11.2 Å². The number of benzene rings is 2. The summed E-state index contributed by atoms with van der Waals surface area (Å²) >= 11 is 0. The predicted octanol–water partition coefficient (Wildman–Crippen LogP) is 3.93. The maximum Gasteiger partial charge on any atom is 0.243 e. The highest BCUT2D eigenvalue weighted by Gasteiger charge is 2.04. The lowest BCUT2D eigenvalue weighted by Crippen LogP contribution is -2.25. The minimum absolute atomic E-state index is 0.139. The lowest BCUT2D eigenvalue weighted by molar-refractivity contribution is -0.116. The van der Waals surface area contributed by atoms with Crippen LogP contribution in [0, 0.1) is 5.82 Å². The summed E-state index contributed by atoms with van der Waals surface area (Å²) in [6.07, 6.45) is 5.97. The second-order valence-electron chi connectivity index (χ2n) is 7.16. The molecule has 162 valence electrons. The molecule has 0 heterocycles. The average molecular weight is 415 g/mol.